The highest BCUT2D eigenvalue weighted by Gasteiger charge is 2.13. The summed E-state index contributed by atoms with van der Waals surface area (Å²) in [5.74, 6) is -1.92. The molecule has 8 heteroatoms. The minimum atomic E-state index is -3.91. The lowest BCUT2D eigenvalue weighted by atomic mass is 10.1. The van der Waals surface area contributed by atoms with Crippen LogP contribution >= 0.6 is 0 Å². The number of Topliss-reactive ketones (excluding diaryl/α,β-unsaturated/α-hetero) is 1. The van der Waals surface area contributed by atoms with E-state index in [0.29, 0.717) is 0 Å². The second-order valence-corrected chi connectivity index (χ2v) is 4.43. The van der Waals surface area contributed by atoms with Gasteiger partial charge in [0.05, 0.1) is 0 Å². The molecule has 0 atom stereocenters. The predicted octanol–water partition coefficient (Wildman–Crippen LogP) is -0.614. The smallest absolute Gasteiger partial charge is 0.311 e. The molecule has 1 aromatic rings. The molecule has 86 valence electrons. The fraction of sp³-hybridized carbons (Fsp3) is 0.125. The van der Waals surface area contributed by atoms with E-state index in [1.165, 1.54) is 0 Å². The zero-order valence-electron chi connectivity index (χ0n) is 7.95. The van der Waals surface area contributed by atoms with Crippen molar-refractivity contribution >= 4 is 21.8 Å². The quantitative estimate of drug-likeness (QED) is 0.537. The SMILES string of the molecule is NS(=O)(=O)c1ccc(C(=O)CC(=O)O)cn1. The fourth-order valence-corrected chi connectivity index (χ4v) is 1.41. The zero-order chi connectivity index (χ0) is 12.3. The Morgan fingerprint density at radius 1 is 1.38 bits per heavy atom. The number of aromatic nitrogens is 1. The Kier molecular flexibility index (Phi) is 3.35. The average molecular weight is 244 g/mol. The summed E-state index contributed by atoms with van der Waals surface area (Å²) in [5.41, 5.74) is 0.0230. The molecule has 0 amide bonds. The third kappa shape index (κ3) is 3.11. The van der Waals surface area contributed by atoms with Gasteiger partial charge in [0.2, 0.25) is 0 Å². The number of rotatable bonds is 4. The molecule has 1 heterocycles. The van der Waals surface area contributed by atoms with Gasteiger partial charge in [-0.3, -0.25) is 9.59 Å². The summed E-state index contributed by atoms with van der Waals surface area (Å²) in [5, 5.41) is 12.8. The van der Waals surface area contributed by atoms with Gasteiger partial charge in [-0.15, -0.1) is 0 Å². The van der Waals surface area contributed by atoms with Gasteiger partial charge in [0.25, 0.3) is 10.0 Å². The van der Waals surface area contributed by atoms with Gasteiger partial charge in [0.15, 0.2) is 10.8 Å². The van der Waals surface area contributed by atoms with Crippen molar-refractivity contribution in [2.24, 2.45) is 5.14 Å². The number of hydrogen-bond donors (Lipinski definition) is 2. The van der Waals surface area contributed by atoms with Crippen molar-refractivity contribution in [2.75, 3.05) is 0 Å². The van der Waals surface area contributed by atoms with Crippen LogP contribution in [0.4, 0.5) is 0 Å². The highest BCUT2D eigenvalue weighted by atomic mass is 32.2. The summed E-state index contributed by atoms with van der Waals surface area (Å²) in [6.45, 7) is 0. The largest absolute Gasteiger partial charge is 0.481 e. The third-order valence-corrected chi connectivity index (χ3v) is 2.49. The van der Waals surface area contributed by atoms with E-state index in [2.05, 4.69) is 4.98 Å². The monoisotopic (exact) mass is 244 g/mol. The van der Waals surface area contributed by atoms with E-state index in [-0.39, 0.29) is 10.6 Å². The molecule has 0 aliphatic heterocycles. The van der Waals surface area contributed by atoms with E-state index in [1.54, 1.807) is 0 Å². The Hall–Kier alpha value is -1.80. The first-order valence-corrected chi connectivity index (χ1v) is 5.59. The maximum Gasteiger partial charge on any atom is 0.311 e. The van der Waals surface area contributed by atoms with Crippen LogP contribution in [0.25, 0.3) is 0 Å². The van der Waals surface area contributed by atoms with Gasteiger partial charge >= 0.3 is 5.97 Å². The third-order valence-electron chi connectivity index (χ3n) is 1.66. The highest BCUT2D eigenvalue weighted by Crippen LogP contribution is 2.06. The molecule has 0 saturated heterocycles. The number of nitrogens with zero attached hydrogens (tertiary/aromatic N) is 1. The molecule has 3 N–H and O–H groups in total. The van der Waals surface area contributed by atoms with Crippen molar-refractivity contribution in [2.45, 2.75) is 11.4 Å². The molecule has 1 rings (SSSR count). The predicted molar refractivity (Wildman–Crippen MR) is 52.2 cm³/mol. The van der Waals surface area contributed by atoms with Gasteiger partial charge in [0, 0.05) is 11.8 Å². The van der Waals surface area contributed by atoms with E-state index in [0.717, 1.165) is 18.3 Å². The number of carboxylic acids is 1. The van der Waals surface area contributed by atoms with Crippen molar-refractivity contribution < 1.29 is 23.1 Å². The minimum absolute atomic E-state index is 0.0230. The molecule has 0 saturated carbocycles. The van der Waals surface area contributed by atoms with E-state index < -0.39 is 28.2 Å². The number of nitrogens with two attached hydrogens (primary N) is 1. The number of sulfonamides is 1. The normalized spacial score (nSPS) is 11.1. The summed E-state index contributed by atoms with van der Waals surface area (Å²) >= 11 is 0. The molecule has 0 spiro atoms. The summed E-state index contributed by atoms with van der Waals surface area (Å²) < 4.78 is 21.7. The molecule has 0 unspecified atom stereocenters. The summed E-state index contributed by atoms with van der Waals surface area (Å²) in [4.78, 5) is 24.9. The lowest BCUT2D eigenvalue weighted by Crippen LogP contribution is -2.14. The Bertz CT molecular complexity index is 520. The van der Waals surface area contributed by atoms with Gasteiger partial charge in [-0.25, -0.2) is 18.5 Å². The summed E-state index contributed by atoms with van der Waals surface area (Å²) in [6, 6.07) is 2.21. The lowest BCUT2D eigenvalue weighted by Gasteiger charge is -1.99. The molecule has 0 aliphatic carbocycles. The number of carbonyl (C=O) groups is 2. The van der Waals surface area contributed by atoms with Crippen LogP contribution in [0.1, 0.15) is 16.8 Å². The Labute approximate surface area is 91.0 Å². The maximum atomic E-state index is 11.2. The minimum Gasteiger partial charge on any atom is -0.481 e. The van der Waals surface area contributed by atoms with Crippen molar-refractivity contribution in [1.29, 1.82) is 0 Å². The number of ketones is 1. The summed E-state index contributed by atoms with van der Waals surface area (Å²) in [6.07, 6.45) is 0.307. The summed E-state index contributed by atoms with van der Waals surface area (Å²) in [7, 11) is -3.91. The number of primary sulfonamides is 1. The van der Waals surface area contributed by atoms with Gasteiger partial charge in [-0.2, -0.15) is 0 Å². The number of hydrogen-bond acceptors (Lipinski definition) is 5. The van der Waals surface area contributed by atoms with Gasteiger partial charge in [-0.05, 0) is 12.1 Å². The van der Waals surface area contributed by atoms with Crippen LogP contribution in [0.5, 0.6) is 0 Å². The van der Waals surface area contributed by atoms with Crippen LogP contribution in [-0.2, 0) is 14.8 Å². The van der Waals surface area contributed by atoms with Crippen LogP contribution in [0.2, 0.25) is 0 Å². The second-order valence-electron chi connectivity index (χ2n) is 2.92. The first kappa shape index (κ1) is 12.3. The molecule has 0 aromatic carbocycles. The molecule has 0 radical (unpaired) electrons. The standard InChI is InChI=1S/C8H8N2O5S/c9-16(14,15)7-2-1-5(4-10-7)6(11)3-8(12)13/h1-2,4H,3H2,(H,12,13)(H2,9,14,15). The molecule has 7 nitrogen and oxygen atoms in total. The Morgan fingerprint density at radius 3 is 2.38 bits per heavy atom. The first-order valence-electron chi connectivity index (χ1n) is 4.04. The van der Waals surface area contributed by atoms with Crippen LogP contribution in [-0.4, -0.2) is 30.3 Å². The number of pyridine rings is 1. The first-order chi connectivity index (χ1) is 7.30. The van der Waals surface area contributed by atoms with Crippen LogP contribution in [0.15, 0.2) is 23.4 Å². The molecule has 0 aliphatic rings. The van der Waals surface area contributed by atoms with E-state index >= 15 is 0 Å². The maximum absolute atomic E-state index is 11.2. The van der Waals surface area contributed by atoms with Crippen LogP contribution < -0.4 is 5.14 Å². The fourth-order valence-electron chi connectivity index (χ4n) is 0.953. The van der Waals surface area contributed by atoms with Crippen molar-refractivity contribution in [3.63, 3.8) is 0 Å². The molecule has 0 fully saturated rings. The number of carboxylic acid groups (broad SMARTS) is 1. The lowest BCUT2D eigenvalue weighted by molar-refractivity contribution is -0.135. The molecule has 16 heavy (non-hydrogen) atoms. The van der Waals surface area contributed by atoms with E-state index in [9.17, 15) is 18.0 Å². The van der Waals surface area contributed by atoms with Crippen molar-refractivity contribution in [3.8, 4) is 0 Å². The zero-order valence-corrected chi connectivity index (χ0v) is 8.77. The molecular weight excluding hydrogens is 236 g/mol. The Morgan fingerprint density at radius 2 is 2.00 bits per heavy atom. The number of aliphatic carboxylic acids is 1. The average Bonchev–Trinajstić information content (AvgIpc) is 2.15. The van der Waals surface area contributed by atoms with Crippen molar-refractivity contribution in [1.82, 2.24) is 4.98 Å². The van der Waals surface area contributed by atoms with Crippen LogP contribution in [0, 0.1) is 0 Å². The van der Waals surface area contributed by atoms with Gasteiger partial charge in [-0.1, -0.05) is 0 Å². The van der Waals surface area contributed by atoms with Crippen LogP contribution in [0.3, 0.4) is 0 Å². The molecule has 1 aromatic heterocycles. The van der Waals surface area contributed by atoms with Gasteiger partial charge in [0.1, 0.15) is 6.42 Å². The topological polar surface area (TPSA) is 127 Å². The van der Waals surface area contributed by atoms with Crippen molar-refractivity contribution in [3.05, 3.63) is 23.9 Å². The van der Waals surface area contributed by atoms with E-state index in [1.807, 2.05) is 0 Å². The molecular formula is C8H8N2O5S. The van der Waals surface area contributed by atoms with Gasteiger partial charge < -0.3 is 5.11 Å². The highest BCUT2D eigenvalue weighted by molar-refractivity contribution is 7.89. The second kappa shape index (κ2) is 4.37. The number of carbonyl (C=O) groups excluding carboxylic acids is 1. The Balaban J connectivity index is 2.96. The van der Waals surface area contributed by atoms with E-state index in [4.69, 9.17) is 10.2 Å². The molecule has 0 bridgehead atoms.